The maximum Gasteiger partial charge on any atom is 0.119 e. The van der Waals surface area contributed by atoms with Gasteiger partial charge in [0.25, 0.3) is 0 Å². The lowest BCUT2D eigenvalue weighted by molar-refractivity contribution is 0.469. The summed E-state index contributed by atoms with van der Waals surface area (Å²) in [4.78, 5) is 0. The van der Waals surface area contributed by atoms with Crippen LogP contribution in [-0.2, 0) is 6.42 Å². The van der Waals surface area contributed by atoms with Crippen LogP contribution in [0.3, 0.4) is 0 Å². The Morgan fingerprint density at radius 2 is 1.40 bits per heavy atom. The zero-order chi connectivity index (χ0) is 9.80. The Balaban J connectivity index is 0.00000112. The minimum absolute atomic E-state index is 0. The van der Waals surface area contributed by atoms with Crippen LogP contribution in [0.2, 0.25) is 0 Å². The van der Waals surface area contributed by atoms with Gasteiger partial charge < -0.3 is 5.11 Å². The molecule has 0 saturated heterocycles. The van der Waals surface area contributed by atoms with E-state index in [0.29, 0.717) is 5.75 Å². The van der Waals surface area contributed by atoms with Crippen LogP contribution in [0.4, 0.5) is 0 Å². The molecule has 2 heteroatoms. The van der Waals surface area contributed by atoms with Gasteiger partial charge in [0.1, 0.15) is 5.75 Å². The van der Waals surface area contributed by atoms with E-state index in [9.17, 15) is 5.11 Å². The SMILES string of the molecule is Oc1ccccc1Cc1ccccc1.[Mg]. The first kappa shape index (κ1) is 12.1. The molecule has 15 heavy (non-hydrogen) atoms. The fraction of sp³-hybridized carbons (Fsp3) is 0.0769. The molecule has 0 aliphatic carbocycles. The third kappa shape index (κ3) is 3.25. The second-order valence-corrected chi connectivity index (χ2v) is 3.29. The normalized spacial score (nSPS) is 9.33. The van der Waals surface area contributed by atoms with Crippen LogP contribution in [-0.4, -0.2) is 28.2 Å². The number of rotatable bonds is 2. The van der Waals surface area contributed by atoms with Crippen molar-refractivity contribution in [2.45, 2.75) is 6.42 Å². The average molecular weight is 209 g/mol. The van der Waals surface area contributed by atoms with Crippen LogP contribution in [0.5, 0.6) is 5.75 Å². The predicted octanol–water partition coefficient (Wildman–Crippen LogP) is 2.60. The molecular formula is C13H12MgO. The Bertz CT molecular complexity index is 412. The highest BCUT2D eigenvalue weighted by atomic mass is 24.3. The molecule has 0 fully saturated rings. The molecule has 0 heterocycles. The van der Waals surface area contributed by atoms with Gasteiger partial charge in [-0.2, -0.15) is 0 Å². The van der Waals surface area contributed by atoms with Crippen molar-refractivity contribution in [1.82, 2.24) is 0 Å². The van der Waals surface area contributed by atoms with Crippen molar-refractivity contribution < 1.29 is 5.11 Å². The molecule has 0 bridgehead atoms. The first-order valence-electron chi connectivity index (χ1n) is 4.67. The summed E-state index contributed by atoms with van der Waals surface area (Å²) < 4.78 is 0. The number of para-hydroxylation sites is 1. The van der Waals surface area contributed by atoms with Crippen LogP contribution >= 0.6 is 0 Å². The molecule has 0 aliphatic rings. The first-order chi connectivity index (χ1) is 6.86. The maximum atomic E-state index is 9.57. The molecule has 0 aliphatic heterocycles. The third-order valence-electron chi connectivity index (χ3n) is 2.23. The summed E-state index contributed by atoms with van der Waals surface area (Å²) in [5, 5.41) is 9.57. The lowest BCUT2D eigenvalue weighted by atomic mass is 10.0. The summed E-state index contributed by atoms with van der Waals surface area (Å²) in [5.41, 5.74) is 2.19. The number of hydrogen-bond acceptors (Lipinski definition) is 1. The van der Waals surface area contributed by atoms with E-state index in [4.69, 9.17) is 0 Å². The van der Waals surface area contributed by atoms with E-state index in [0.717, 1.165) is 12.0 Å². The van der Waals surface area contributed by atoms with Gasteiger partial charge >= 0.3 is 0 Å². The Labute approximate surface area is 106 Å². The second-order valence-electron chi connectivity index (χ2n) is 3.29. The van der Waals surface area contributed by atoms with Crippen molar-refractivity contribution in [3.63, 3.8) is 0 Å². The number of aromatic hydroxyl groups is 1. The van der Waals surface area contributed by atoms with Gasteiger partial charge in [0.05, 0.1) is 0 Å². The van der Waals surface area contributed by atoms with Crippen molar-refractivity contribution in [3.8, 4) is 5.75 Å². The lowest BCUT2D eigenvalue weighted by Crippen LogP contribution is -1.87. The molecule has 2 rings (SSSR count). The Kier molecular flexibility index (Phi) is 4.66. The summed E-state index contributed by atoms with van der Waals surface area (Å²) >= 11 is 0. The number of benzene rings is 2. The average Bonchev–Trinajstić information content (AvgIpc) is 2.23. The topological polar surface area (TPSA) is 20.2 Å². The zero-order valence-corrected chi connectivity index (χ0v) is 9.97. The monoisotopic (exact) mass is 208 g/mol. The lowest BCUT2D eigenvalue weighted by Gasteiger charge is -2.03. The predicted molar refractivity (Wildman–Crippen MR) is 63.1 cm³/mol. The van der Waals surface area contributed by atoms with E-state index < -0.39 is 0 Å². The second kappa shape index (κ2) is 5.78. The molecule has 72 valence electrons. The van der Waals surface area contributed by atoms with Crippen molar-refractivity contribution in [1.29, 1.82) is 0 Å². The first-order valence-corrected chi connectivity index (χ1v) is 4.67. The van der Waals surface area contributed by atoms with Crippen LogP contribution < -0.4 is 0 Å². The Hall–Kier alpha value is -0.994. The minimum atomic E-state index is 0. The third-order valence-corrected chi connectivity index (χ3v) is 2.23. The molecule has 0 aromatic heterocycles. The molecule has 0 saturated carbocycles. The quantitative estimate of drug-likeness (QED) is 0.752. The molecule has 0 atom stereocenters. The molecule has 0 spiro atoms. The smallest absolute Gasteiger partial charge is 0.119 e. The summed E-state index contributed by atoms with van der Waals surface area (Å²) in [6.45, 7) is 0. The number of phenols is 1. The van der Waals surface area contributed by atoms with Gasteiger partial charge in [0.2, 0.25) is 0 Å². The molecule has 1 N–H and O–H groups in total. The van der Waals surface area contributed by atoms with Gasteiger partial charge in [-0.15, -0.1) is 0 Å². The summed E-state index contributed by atoms with van der Waals surface area (Å²) in [6, 6.07) is 17.6. The molecule has 0 unspecified atom stereocenters. The standard InChI is InChI=1S/C13H12O.Mg/c14-13-9-5-4-8-12(13)10-11-6-2-1-3-7-11;/h1-9,14H,10H2;. The van der Waals surface area contributed by atoms with E-state index in [-0.39, 0.29) is 23.1 Å². The molecular weight excluding hydrogens is 196 g/mol. The highest BCUT2D eigenvalue weighted by Gasteiger charge is 1.99. The summed E-state index contributed by atoms with van der Waals surface area (Å²) in [6.07, 6.45) is 0.785. The van der Waals surface area contributed by atoms with Crippen molar-refractivity contribution in [2.24, 2.45) is 0 Å². The van der Waals surface area contributed by atoms with E-state index >= 15 is 0 Å². The highest BCUT2D eigenvalue weighted by molar-refractivity contribution is 5.75. The van der Waals surface area contributed by atoms with Gasteiger partial charge in [0.15, 0.2) is 0 Å². The number of phenolic OH excluding ortho intramolecular Hbond substituents is 1. The highest BCUT2D eigenvalue weighted by Crippen LogP contribution is 2.19. The maximum absolute atomic E-state index is 9.57. The molecule has 0 amide bonds. The van der Waals surface area contributed by atoms with Gasteiger partial charge in [-0.1, -0.05) is 48.5 Å². The van der Waals surface area contributed by atoms with E-state index in [1.54, 1.807) is 6.07 Å². The Morgan fingerprint density at radius 3 is 2.07 bits per heavy atom. The largest absolute Gasteiger partial charge is 0.508 e. The summed E-state index contributed by atoms with van der Waals surface area (Å²) in [7, 11) is 0. The van der Waals surface area contributed by atoms with Crippen LogP contribution in [0.25, 0.3) is 0 Å². The van der Waals surface area contributed by atoms with Gasteiger partial charge in [-0.3, -0.25) is 0 Å². The van der Waals surface area contributed by atoms with Crippen LogP contribution in [0, 0.1) is 0 Å². The van der Waals surface area contributed by atoms with Crippen molar-refractivity contribution in [2.75, 3.05) is 0 Å². The van der Waals surface area contributed by atoms with Crippen molar-refractivity contribution >= 4 is 23.1 Å². The van der Waals surface area contributed by atoms with E-state index in [2.05, 4.69) is 12.1 Å². The molecule has 2 aromatic rings. The fourth-order valence-electron chi connectivity index (χ4n) is 1.48. The fourth-order valence-corrected chi connectivity index (χ4v) is 1.48. The minimum Gasteiger partial charge on any atom is -0.508 e. The molecule has 1 nitrogen and oxygen atoms in total. The number of hydrogen-bond donors (Lipinski definition) is 1. The Morgan fingerprint density at radius 1 is 0.800 bits per heavy atom. The summed E-state index contributed by atoms with van der Waals surface area (Å²) in [5.74, 6) is 0.372. The van der Waals surface area contributed by atoms with Crippen LogP contribution in [0.1, 0.15) is 11.1 Å². The van der Waals surface area contributed by atoms with Crippen molar-refractivity contribution in [3.05, 3.63) is 65.7 Å². The van der Waals surface area contributed by atoms with Gasteiger partial charge in [0, 0.05) is 29.5 Å². The molecule has 2 radical (unpaired) electrons. The van der Waals surface area contributed by atoms with E-state index in [1.807, 2.05) is 36.4 Å². The van der Waals surface area contributed by atoms with Gasteiger partial charge in [-0.05, 0) is 17.2 Å². The molecule has 2 aromatic carbocycles. The van der Waals surface area contributed by atoms with Gasteiger partial charge in [-0.25, -0.2) is 0 Å². The van der Waals surface area contributed by atoms with Crippen LogP contribution in [0.15, 0.2) is 54.6 Å². The zero-order valence-electron chi connectivity index (χ0n) is 8.56. The van der Waals surface area contributed by atoms with E-state index in [1.165, 1.54) is 5.56 Å².